The van der Waals surface area contributed by atoms with Crippen molar-refractivity contribution in [3.05, 3.63) is 28.1 Å². The maximum Gasteiger partial charge on any atom is 0.257 e. The van der Waals surface area contributed by atoms with Crippen molar-refractivity contribution in [1.29, 1.82) is 0 Å². The minimum Gasteiger partial charge on any atom is -0.363 e. The molecule has 0 bridgehead atoms. The zero-order valence-corrected chi connectivity index (χ0v) is 12.8. The Hall–Kier alpha value is -1.25. The predicted molar refractivity (Wildman–Crippen MR) is 71.8 cm³/mol. The van der Waals surface area contributed by atoms with E-state index >= 15 is 0 Å². The Labute approximate surface area is 124 Å². The van der Waals surface area contributed by atoms with E-state index in [2.05, 4.69) is 36.1 Å². The van der Waals surface area contributed by atoms with Crippen LogP contribution in [0.1, 0.15) is 30.5 Å². The van der Waals surface area contributed by atoms with Gasteiger partial charge in [0.2, 0.25) is 0 Å². The Balaban J connectivity index is 1.69. The molecule has 2 aromatic heterocycles. The summed E-state index contributed by atoms with van der Waals surface area (Å²) in [6, 6.07) is 1.87. The van der Waals surface area contributed by atoms with Crippen LogP contribution in [0.4, 0.5) is 0 Å². The first-order chi connectivity index (χ1) is 9.60. The molecule has 2 aromatic rings. The quantitative estimate of drug-likeness (QED) is 0.844. The zero-order valence-electron chi connectivity index (χ0n) is 11.2. The van der Waals surface area contributed by atoms with Crippen molar-refractivity contribution >= 4 is 15.9 Å². The molecular weight excluding hydrogens is 328 g/mol. The number of ether oxygens (including phenoxy) is 1. The maximum absolute atomic E-state index is 5.87. The third-order valence-corrected chi connectivity index (χ3v) is 3.44. The van der Waals surface area contributed by atoms with Crippen molar-refractivity contribution < 1.29 is 13.8 Å². The van der Waals surface area contributed by atoms with Crippen molar-refractivity contribution in [2.24, 2.45) is 0 Å². The summed E-state index contributed by atoms with van der Waals surface area (Å²) in [6.45, 7) is 6.00. The van der Waals surface area contributed by atoms with Crippen molar-refractivity contribution in [2.75, 3.05) is 13.1 Å². The van der Waals surface area contributed by atoms with E-state index < -0.39 is 0 Å². The van der Waals surface area contributed by atoms with E-state index in [1.54, 1.807) is 6.92 Å². The van der Waals surface area contributed by atoms with Crippen LogP contribution < -0.4 is 0 Å². The molecule has 1 aliphatic rings. The molecule has 3 rings (SSSR count). The lowest BCUT2D eigenvalue weighted by atomic mass is 10.2. The zero-order chi connectivity index (χ0) is 14.1. The smallest absolute Gasteiger partial charge is 0.257 e. The molecule has 108 valence electrons. The number of aromatic nitrogens is 3. The van der Waals surface area contributed by atoms with Crippen molar-refractivity contribution in [3.8, 4) is 0 Å². The topological polar surface area (TPSA) is 77.4 Å². The van der Waals surface area contributed by atoms with Gasteiger partial charge in [0.25, 0.3) is 5.89 Å². The highest BCUT2D eigenvalue weighted by molar-refractivity contribution is 9.10. The minimum atomic E-state index is -0.202. The van der Waals surface area contributed by atoms with Crippen LogP contribution in [0.2, 0.25) is 0 Å². The minimum absolute atomic E-state index is 0.0901. The van der Waals surface area contributed by atoms with Gasteiger partial charge in [-0.1, -0.05) is 10.3 Å². The number of hydrogen-bond donors (Lipinski definition) is 0. The monoisotopic (exact) mass is 342 g/mol. The van der Waals surface area contributed by atoms with Gasteiger partial charge in [-0.3, -0.25) is 4.90 Å². The molecule has 0 unspecified atom stereocenters. The molecule has 8 heteroatoms. The fraction of sp³-hybridized carbons (Fsp3) is 0.583. The lowest BCUT2D eigenvalue weighted by Gasteiger charge is -2.34. The van der Waals surface area contributed by atoms with E-state index in [0.717, 1.165) is 12.3 Å². The van der Waals surface area contributed by atoms with Gasteiger partial charge in [0.15, 0.2) is 11.6 Å². The summed E-state index contributed by atoms with van der Waals surface area (Å²) in [4.78, 5) is 6.47. The number of rotatable bonds is 3. The molecule has 0 N–H and O–H groups in total. The van der Waals surface area contributed by atoms with Gasteiger partial charge in [0, 0.05) is 19.2 Å². The summed E-state index contributed by atoms with van der Waals surface area (Å²) >= 11 is 3.28. The molecule has 0 aliphatic carbocycles. The molecule has 0 aromatic carbocycles. The highest BCUT2D eigenvalue weighted by Gasteiger charge is 2.30. The van der Waals surface area contributed by atoms with E-state index in [1.807, 2.05) is 13.0 Å². The number of nitrogens with zero attached hydrogens (tertiary/aromatic N) is 4. The van der Waals surface area contributed by atoms with Crippen molar-refractivity contribution in [1.82, 2.24) is 20.2 Å². The second-order valence-electron chi connectivity index (χ2n) is 4.93. The number of hydrogen-bond acceptors (Lipinski definition) is 7. The van der Waals surface area contributed by atoms with Gasteiger partial charge in [-0.15, -0.1) is 0 Å². The van der Waals surface area contributed by atoms with E-state index in [1.165, 1.54) is 0 Å². The van der Waals surface area contributed by atoms with Crippen LogP contribution in [0.3, 0.4) is 0 Å². The molecule has 20 heavy (non-hydrogen) atoms. The molecule has 0 amide bonds. The normalized spacial score (nSPS) is 24.1. The second-order valence-corrected chi connectivity index (χ2v) is 5.74. The molecule has 0 spiro atoms. The summed E-state index contributed by atoms with van der Waals surface area (Å²) in [7, 11) is 0. The lowest BCUT2D eigenvalue weighted by Crippen LogP contribution is -2.42. The molecule has 1 aliphatic heterocycles. The van der Waals surface area contributed by atoms with Crippen LogP contribution in [-0.4, -0.2) is 39.4 Å². The Morgan fingerprint density at radius 3 is 2.85 bits per heavy atom. The molecule has 0 saturated carbocycles. The van der Waals surface area contributed by atoms with Gasteiger partial charge in [-0.25, -0.2) is 0 Å². The molecule has 1 saturated heterocycles. The van der Waals surface area contributed by atoms with E-state index in [9.17, 15) is 0 Å². The molecule has 2 atom stereocenters. The first-order valence-corrected chi connectivity index (χ1v) is 7.18. The summed E-state index contributed by atoms with van der Waals surface area (Å²) in [5.74, 6) is 1.96. The van der Waals surface area contributed by atoms with Gasteiger partial charge < -0.3 is 13.8 Å². The summed E-state index contributed by atoms with van der Waals surface area (Å²) in [5, 5.41) is 7.63. The third kappa shape index (κ3) is 3.08. The standard InChI is InChI=1S/C12H15BrN4O3/c1-7-4-17(5-9-3-11(13)16-19-9)6-10(18-7)12-14-8(2)15-20-12/h3,7,10H,4-6H2,1-2H3/t7-,10-/m1/s1. The Morgan fingerprint density at radius 1 is 1.35 bits per heavy atom. The molecule has 1 fully saturated rings. The van der Waals surface area contributed by atoms with Gasteiger partial charge in [-0.05, 0) is 29.8 Å². The number of aryl methyl sites for hydroxylation is 1. The average Bonchev–Trinajstić information content (AvgIpc) is 2.98. The fourth-order valence-electron chi connectivity index (χ4n) is 2.33. The van der Waals surface area contributed by atoms with Gasteiger partial charge >= 0.3 is 0 Å². The Kier molecular flexibility index (Phi) is 3.86. The maximum atomic E-state index is 5.87. The van der Waals surface area contributed by atoms with Crippen molar-refractivity contribution in [3.63, 3.8) is 0 Å². The number of morpholine rings is 1. The highest BCUT2D eigenvalue weighted by Crippen LogP contribution is 2.25. The highest BCUT2D eigenvalue weighted by atomic mass is 79.9. The SMILES string of the molecule is Cc1noc([C@H]2CN(Cc3cc(Br)no3)C[C@@H](C)O2)n1. The fourth-order valence-corrected chi connectivity index (χ4v) is 2.66. The lowest BCUT2D eigenvalue weighted by molar-refractivity contribution is -0.0944. The van der Waals surface area contributed by atoms with Gasteiger partial charge in [-0.2, -0.15) is 4.98 Å². The summed E-state index contributed by atoms with van der Waals surface area (Å²) < 4.78 is 17.0. The van der Waals surface area contributed by atoms with Crippen LogP contribution in [0.25, 0.3) is 0 Å². The van der Waals surface area contributed by atoms with Crippen LogP contribution in [0.5, 0.6) is 0 Å². The molecule has 0 radical (unpaired) electrons. The Morgan fingerprint density at radius 2 is 2.20 bits per heavy atom. The van der Waals surface area contributed by atoms with Gasteiger partial charge in [0.05, 0.1) is 12.6 Å². The van der Waals surface area contributed by atoms with E-state index in [4.69, 9.17) is 13.8 Å². The van der Waals surface area contributed by atoms with E-state index in [-0.39, 0.29) is 12.2 Å². The molecule has 3 heterocycles. The van der Waals surface area contributed by atoms with Crippen LogP contribution >= 0.6 is 15.9 Å². The number of halogens is 1. The summed E-state index contributed by atoms with van der Waals surface area (Å²) in [5.41, 5.74) is 0. The second kappa shape index (κ2) is 5.63. The Bertz CT molecular complexity index is 585. The largest absolute Gasteiger partial charge is 0.363 e. The molecular formula is C12H15BrN4O3. The first kappa shape index (κ1) is 13.7. The van der Waals surface area contributed by atoms with Crippen LogP contribution in [-0.2, 0) is 11.3 Å². The summed E-state index contributed by atoms with van der Waals surface area (Å²) in [6.07, 6.45) is -0.112. The molecule has 7 nitrogen and oxygen atoms in total. The van der Waals surface area contributed by atoms with Crippen LogP contribution in [0.15, 0.2) is 19.7 Å². The van der Waals surface area contributed by atoms with E-state index in [0.29, 0.717) is 29.4 Å². The first-order valence-electron chi connectivity index (χ1n) is 6.39. The predicted octanol–water partition coefficient (Wildman–Crippen LogP) is 2.09. The van der Waals surface area contributed by atoms with Crippen molar-refractivity contribution in [2.45, 2.75) is 32.6 Å². The van der Waals surface area contributed by atoms with Crippen LogP contribution in [0, 0.1) is 6.92 Å². The van der Waals surface area contributed by atoms with Gasteiger partial charge in [0.1, 0.15) is 10.7 Å². The average molecular weight is 343 g/mol. The third-order valence-electron chi connectivity index (χ3n) is 3.06.